The number of carbonyl (C=O) groups excluding carboxylic acids is 1. The van der Waals surface area contributed by atoms with E-state index in [4.69, 9.17) is 4.74 Å². The number of carbonyl (C=O) groups is 1. The van der Waals surface area contributed by atoms with Gasteiger partial charge < -0.3 is 10.1 Å². The smallest absolute Gasteiger partial charge is 0.251 e. The molecule has 1 aromatic carbocycles. The lowest BCUT2D eigenvalue weighted by atomic mass is 10.1. The number of rotatable bonds is 5. The van der Waals surface area contributed by atoms with Gasteiger partial charge in [0.1, 0.15) is 5.75 Å². The number of hydrogen-bond acceptors (Lipinski definition) is 2. The molecule has 0 aromatic heterocycles. The van der Waals surface area contributed by atoms with Crippen LogP contribution in [0.5, 0.6) is 5.75 Å². The number of hydrogen-bond donors (Lipinski definition) is 1. The summed E-state index contributed by atoms with van der Waals surface area (Å²) < 4.78 is 5.42. The molecule has 1 heterocycles. The van der Waals surface area contributed by atoms with E-state index in [1.807, 2.05) is 18.2 Å². The third-order valence-corrected chi connectivity index (χ3v) is 3.47. The molecule has 1 aliphatic heterocycles. The summed E-state index contributed by atoms with van der Waals surface area (Å²) >= 11 is 3.49. The summed E-state index contributed by atoms with van der Waals surface area (Å²) in [4.78, 5) is 12.4. The average Bonchev–Trinajstić information content (AvgIpc) is 2.81. The normalized spacial score (nSPS) is 14.8. The second-order valence-electron chi connectivity index (χ2n) is 4.60. The number of benzene rings is 1. The van der Waals surface area contributed by atoms with Crippen LogP contribution >= 0.6 is 15.9 Å². The first kappa shape index (κ1) is 13.4. The minimum absolute atomic E-state index is 0.00641. The van der Waals surface area contributed by atoms with E-state index in [1.165, 1.54) is 0 Å². The molecule has 1 amide bonds. The van der Waals surface area contributed by atoms with Crippen LogP contribution < -0.4 is 10.1 Å². The molecular weight excluding hydrogens is 294 g/mol. The quantitative estimate of drug-likeness (QED) is 0.670. The number of amides is 1. The first-order chi connectivity index (χ1) is 8.66. The lowest BCUT2D eigenvalue weighted by Gasteiger charge is -2.07. The summed E-state index contributed by atoms with van der Waals surface area (Å²) in [7, 11) is 0. The van der Waals surface area contributed by atoms with Crippen molar-refractivity contribution in [2.75, 3.05) is 13.2 Å². The minimum atomic E-state index is 0.00641. The van der Waals surface area contributed by atoms with Gasteiger partial charge in [0.15, 0.2) is 0 Å². The SMILES string of the molecule is CC(Br)CCCNC(=O)c1ccc2c(c1)CCO2. The van der Waals surface area contributed by atoms with Crippen molar-refractivity contribution in [1.29, 1.82) is 0 Å². The lowest BCUT2D eigenvalue weighted by molar-refractivity contribution is 0.0953. The zero-order valence-electron chi connectivity index (χ0n) is 10.5. The van der Waals surface area contributed by atoms with Crippen molar-refractivity contribution < 1.29 is 9.53 Å². The molecule has 0 radical (unpaired) electrons. The molecule has 4 heteroatoms. The monoisotopic (exact) mass is 311 g/mol. The molecule has 1 atom stereocenters. The van der Waals surface area contributed by atoms with Crippen LogP contribution in [-0.2, 0) is 6.42 Å². The van der Waals surface area contributed by atoms with E-state index in [-0.39, 0.29) is 5.91 Å². The molecule has 0 saturated carbocycles. The van der Waals surface area contributed by atoms with Gasteiger partial charge in [0.05, 0.1) is 6.61 Å². The number of ether oxygens (including phenoxy) is 1. The van der Waals surface area contributed by atoms with Crippen molar-refractivity contribution in [3.63, 3.8) is 0 Å². The maximum absolute atomic E-state index is 11.9. The molecule has 18 heavy (non-hydrogen) atoms. The van der Waals surface area contributed by atoms with Crippen molar-refractivity contribution in [2.24, 2.45) is 0 Å². The van der Waals surface area contributed by atoms with Crippen molar-refractivity contribution >= 4 is 21.8 Å². The fourth-order valence-corrected chi connectivity index (χ4v) is 2.34. The Morgan fingerprint density at radius 2 is 2.39 bits per heavy atom. The Bertz CT molecular complexity index is 432. The Balaban J connectivity index is 1.85. The van der Waals surface area contributed by atoms with E-state index >= 15 is 0 Å². The van der Waals surface area contributed by atoms with Gasteiger partial charge in [-0.2, -0.15) is 0 Å². The molecule has 0 fully saturated rings. The van der Waals surface area contributed by atoms with Crippen LogP contribution in [0.2, 0.25) is 0 Å². The lowest BCUT2D eigenvalue weighted by Crippen LogP contribution is -2.24. The first-order valence-electron chi connectivity index (χ1n) is 6.35. The molecule has 0 spiro atoms. The van der Waals surface area contributed by atoms with Gasteiger partial charge in [0, 0.05) is 23.4 Å². The highest BCUT2D eigenvalue weighted by atomic mass is 79.9. The predicted molar refractivity (Wildman–Crippen MR) is 75.6 cm³/mol. The molecule has 1 unspecified atom stereocenters. The number of alkyl halides is 1. The third kappa shape index (κ3) is 3.48. The van der Waals surface area contributed by atoms with Crippen molar-refractivity contribution in [2.45, 2.75) is 31.0 Å². The number of fused-ring (bicyclic) bond motifs is 1. The topological polar surface area (TPSA) is 38.3 Å². The Hall–Kier alpha value is -1.03. The van der Waals surface area contributed by atoms with Gasteiger partial charge in [0.2, 0.25) is 0 Å². The zero-order chi connectivity index (χ0) is 13.0. The maximum atomic E-state index is 11.9. The first-order valence-corrected chi connectivity index (χ1v) is 7.26. The van der Waals surface area contributed by atoms with E-state index < -0.39 is 0 Å². The number of halogens is 1. The van der Waals surface area contributed by atoms with Gasteiger partial charge >= 0.3 is 0 Å². The molecular formula is C14H18BrNO2. The van der Waals surface area contributed by atoms with Crippen LogP contribution in [0, 0.1) is 0 Å². The number of nitrogens with one attached hydrogen (secondary N) is 1. The molecule has 0 saturated heterocycles. The van der Waals surface area contributed by atoms with Crippen LogP contribution in [0.25, 0.3) is 0 Å². The summed E-state index contributed by atoms with van der Waals surface area (Å²) in [6, 6.07) is 5.65. The second kappa shape index (κ2) is 6.23. The Morgan fingerprint density at radius 3 is 3.17 bits per heavy atom. The summed E-state index contributed by atoms with van der Waals surface area (Å²) in [5.41, 5.74) is 1.86. The second-order valence-corrected chi connectivity index (χ2v) is 6.16. The van der Waals surface area contributed by atoms with Crippen molar-refractivity contribution in [3.05, 3.63) is 29.3 Å². The zero-order valence-corrected chi connectivity index (χ0v) is 12.1. The Labute approximate surface area is 116 Å². The molecule has 2 rings (SSSR count). The van der Waals surface area contributed by atoms with Crippen molar-refractivity contribution in [3.8, 4) is 5.75 Å². The Morgan fingerprint density at radius 1 is 1.56 bits per heavy atom. The molecule has 1 N–H and O–H groups in total. The van der Waals surface area contributed by atoms with E-state index in [9.17, 15) is 4.79 Å². The van der Waals surface area contributed by atoms with E-state index in [0.717, 1.165) is 49.3 Å². The van der Waals surface area contributed by atoms with Gasteiger partial charge in [-0.1, -0.05) is 22.9 Å². The summed E-state index contributed by atoms with van der Waals surface area (Å²) in [5, 5.41) is 2.94. The summed E-state index contributed by atoms with van der Waals surface area (Å²) in [6.07, 6.45) is 2.96. The van der Waals surface area contributed by atoms with Crippen LogP contribution in [0.15, 0.2) is 18.2 Å². The van der Waals surface area contributed by atoms with Crippen LogP contribution in [0.3, 0.4) is 0 Å². The molecule has 1 aromatic rings. The minimum Gasteiger partial charge on any atom is -0.493 e. The fraction of sp³-hybridized carbons (Fsp3) is 0.500. The van der Waals surface area contributed by atoms with Crippen LogP contribution in [-0.4, -0.2) is 23.9 Å². The van der Waals surface area contributed by atoms with Gasteiger partial charge in [-0.15, -0.1) is 0 Å². The molecule has 0 bridgehead atoms. The largest absolute Gasteiger partial charge is 0.493 e. The summed E-state index contributed by atoms with van der Waals surface area (Å²) in [5.74, 6) is 0.923. The van der Waals surface area contributed by atoms with Crippen LogP contribution in [0.1, 0.15) is 35.7 Å². The van der Waals surface area contributed by atoms with Crippen LogP contribution in [0.4, 0.5) is 0 Å². The average molecular weight is 312 g/mol. The highest BCUT2D eigenvalue weighted by Gasteiger charge is 2.14. The highest BCUT2D eigenvalue weighted by molar-refractivity contribution is 9.09. The predicted octanol–water partition coefficient (Wildman–Crippen LogP) is 2.91. The molecule has 3 nitrogen and oxygen atoms in total. The Kier molecular flexibility index (Phi) is 4.64. The van der Waals surface area contributed by atoms with Gasteiger partial charge in [0.25, 0.3) is 5.91 Å². The van der Waals surface area contributed by atoms with E-state index in [2.05, 4.69) is 28.2 Å². The van der Waals surface area contributed by atoms with E-state index in [0.29, 0.717) is 4.83 Å². The van der Waals surface area contributed by atoms with Gasteiger partial charge in [-0.25, -0.2) is 0 Å². The van der Waals surface area contributed by atoms with Gasteiger partial charge in [-0.05, 0) is 36.6 Å². The standard InChI is InChI=1S/C14H18BrNO2/c1-10(15)3-2-7-16-14(17)12-4-5-13-11(9-12)6-8-18-13/h4-5,9-10H,2-3,6-8H2,1H3,(H,16,17). The molecule has 0 aliphatic carbocycles. The maximum Gasteiger partial charge on any atom is 0.251 e. The summed E-state index contributed by atoms with van der Waals surface area (Å²) in [6.45, 7) is 3.56. The molecule has 1 aliphatic rings. The third-order valence-electron chi connectivity index (χ3n) is 3.02. The molecule has 98 valence electrons. The van der Waals surface area contributed by atoms with Gasteiger partial charge in [-0.3, -0.25) is 4.79 Å². The van der Waals surface area contributed by atoms with Crippen molar-refractivity contribution in [1.82, 2.24) is 5.32 Å². The highest BCUT2D eigenvalue weighted by Crippen LogP contribution is 2.25. The fourth-order valence-electron chi connectivity index (χ4n) is 2.02. The van der Waals surface area contributed by atoms with E-state index in [1.54, 1.807) is 0 Å².